The van der Waals surface area contributed by atoms with Gasteiger partial charge >= 0.3 is 0 Å². The normalized spacial score (nSPS) is 10.1. The highest BCUT2D eigenvalue weighted by Crippen LogP contribution is 2.26. The number of hydrogen-bond acceptors (Lipinski definition) is 8. The topological polar surface area (TPSA) is 86.2 Å². The lowest BCUT2D eigenvalue weighted by molar-refractivity contribution is -0.113. The van der Waals surface area contributed by atoms with Crippen molar-refractivity contribution in [2.75, 3.05) is 25.3 Å². The molecule has 0 unspecified atom stereocenters. The zero-order valence-corrected chi connectivity index (χ0v) is 12.5. The van der Waals surface area contributed by atoms with E-state index < -0.39 is 0 Å². The molecule has 0 atom stereocenters. The second kappa shape index (κ2) is 7.06. The monoisotopic (exact) mass is 312 g/mol. The van der Waals surface area contributed by atoms with E-state index in [-0.39, 0.29) is 11.7 Å². The van der Waals surface area contributed by atoms with Crippen LogP contribution in [-0.2, 0) is 4.79 Å². The molecule has 0 fully saturated rings. The first-order valence-corrected chi connectivity index (χ1v) is 7.28. The largest absolute Gasteiger partial charge is 0.497 e. The van der Waals surface area contributed by atoms with Crippen LogP contribution in [0.3, 0.4) is 0 Å². The van der Waals surface area contributed by atoms with Crippen LogP contribution in [0.15, 0.2) is 22.5 Å². The van der Waals surface area contributed by atoms with Crippen LogP contribution in [-0.4, -0.2) is 40.7 Å². The van der Waals surface area contributed by atoms with Gasteiger partial charge in [-0.25, -0.2) is 0 Å². The quantitative estimate of drug-likeness (QED) is 0.812. The van der Waals surface area contributed by atoms with E-state index in [1.54, 1.807) is 32.4 Å². The lowest BCUT2D eigenvalue weighted by Crippen LogP contribution is -2.14. The number of carbonyl (C=O) groups is 1. The van der Waals surface area contributed by atoms with Crippen molar-refractivity contribution in [1.29, 1.82) is 0 Å². The summed E-state index contributed by atoms with van der Waals surface area (Å²) in [6.45, 7) is 0. The first kappa shape index (κ1) is 14.5. The van der Waals surface area contributed by atoms with E-state index in [4.69, 9.17) is 9.47 Å². The van der Waals surface area contributed by atoms with Gasteiger partial charge in [-0.3, -0.25) is 4.79 Å². The van der Waals surface area contributed by atoms with Crippen molar-refractivity contribution in [3.05, 3.63) is 18.2 Å². The van der Waals surface area contributed by atoms with Crippen molar-refractivity contribution in [1.82, 2.24) is 14.8 Å². The second-order valence-electron chi connectivity index (χ2n) is 3.57. The average molecular weight is 312 g/mol. The summed E-state index contributed by atoms with van der Waals surface area (Å²) in [5.41, 5.74) is 0.613. The van der Waals surface area contributed by atoms with E-state index in [0.29, 0.717) is 21.5 Å². The second-order valence-corrected chi connectivity index (χ2v) is 5.52. The molecule has 2 rings (SSSR count). The fourth-order valence-corrected chi connectivity index (χ4v) is 2.51. The predicted molar refractivity (Wildman–Crippen MR) is 76.6 cm³/mol. The van der Waals surface area contributed by atoms with Crippen LogP contribution in [0.1, 0.15) is 0 Å². The van der Waals surface area contributed by atoms with Gasteiger partial charge in [0.2, 0.25) is 5.91 Å². The Bertz CT molecular complexity index is 555. The van der Waals surface area contributed by atoms with Crippen molar-refractivity contribution in [3.8, 4) is 11.5 Å². The van der Waals surface area contributed by atoms with E-state index in [1.807, 2.05) is 0 Å². The molecule has 0 radical (unpaired) electrons. The van der Waals surface area contributed by atoms with Gasteiger partial charge in [-0.15, -0.1) is 5.10 Å². The number of anilines is 1. The summed E-state index contributed by atoms with van der Waals surface area (Å²) in [7, 11) is 3.11. The first-order chi connectivity index (χ1) is 9.71. The summed E-state index contributed by atoms with van der Waals surface area (Å²) in [4.78, 5) is 11.8. The summed E-state index contributed by atoms with van der Waals surface area (Å²) in [5.74, 6) is 1.30. The third-order valence-corrected chi connectivity index (χ3v) is 3.95. The van der Waals surface area contributed by atoms with Crippen LogP contribution in [0.4, 0.5) is 5.69 Å². The van der Waals surface area contributed by atoms with Gasteiger partial charge in [0.15, 0.2) is 4.34 Å². The van der Waals surface area contributed by atoms with Crippen molar-refractivity contribution < 1.29 is 14.3 Å². The molecule has 9 heteroatoms. The number of nitrogens with one attached hydrogen (secondary N) is 1. The highest BCUT2D eigenvalue weighted by molar-refractivity contribution is 8.01. The number of ether oxygens (including phenoxy) is 2. The van der Waals surface area contributed by atoms with Gasteiger partial charge < -0.3 is 14.8 Å². The number of thioether (sulfide) groups is 1. The molecule has 0 aliphatic rings. The highest BCUT2D eigenvalue weighted by atomic mass is 32.2. The number of methoxy groups -OCH3 is 2. The number of amides is 1. The standard InChI is InChI=1S/C11H12N4O3S2/c1-17-8-3-7(4-9(5-8)18-2)12-10(16)6-19-11-13-14-15-20-11/h3-5H,6H2,1-2H3,(H,12,16). The maximum Gasteiger partial charge on any atom is 0.234 e. The van der Waals surface area contributed by atoms with Gasteiger partial charge in [0.05, 0.1) is 20.0 Å². The van der Waals surface area contributed by atoms with Gasteiger partial charge in [0, 0.05) is 35.4 Å². The molecule has 1 amide bonds. The minimum Gasteiger partial charge on any atom is -0.497 e. The Hall–Kier alpha value is -1.87. The number of rotatable bonds is 6. The Balaban J connectivity index is 1.96. The van der Waals surface area contributed by atoms with Crippen molar-refractivity contribution in [2.45, 2.75) is 4.34 Å². The van der Waals surface area contributed by atoms with Crippen molar-refractivity contribution in [2.24, 2.45) is 0 Å². The molecular weight excluding hydrogens is 300 g/mol. The van der Waals surface area contributed by atoms with Gasteiger partial charge in [0.1, 0.15) is 11.5 Å². The zero-order chi connectivity index (χ0) is 14.4. The zero-order valence-electron chi connectivity index (χ0n) is 10.8. The number of nitrogens with zero attached hydrogens (tertiary/aromatic N) is 3. The van der Waals surface area contributed by atoms with E-state index >= 15 is 0 Å². The van der Waals surface area contributed by atoms with Crippen LogP contribution in [0.25, 0.3) is 0 Å². The molecular formula is C11H12N4O3S2. The van der Waals surface area contributed by atoms with Crippen LogP contribution in [0.5, 0.6) is 11.5 Å². The fraction of sp³-hybridized carbons (Fsp3) is 0.273. The third kappa shape index (κ3) is 4.07. The minimum absolute atomic E-state index is 0.152. The molecule has 2 aromatic rings. The van der Waals surface area contributed by atoms with Gasteiger partial charge in [-0.05, 0) is 5.21 Å². The van der Waals surface area contributed by atoms with Crippen LogP contribution in [0.2, 0.25) is 0 Å². The lowest BCUT2D eigenvalue weighted by Gasteiger charge is -2.09. The summed E-state index contributed by atoms with van der Waals surface area (Å²) in [6, 6.07) is 5.17. The van der Waals surface area contributed by atoms with Crippen molar-refractivity contribution >= 4 is 34.9 Å². The Morgan fingerprint density at radius 2 is 2.00 bits per heavy atom. The Morgan fingerprint density at radius 3 is 2.55 bits per heavy atom. The first-order valence-electron chi connectivity index (χ1n) is 5.52. The summed E-state index contributed by atoms with van der Waals surface area (Å²) >= 11 is 2.44. The number of benzene rings is 1. The van der Waals surface area contributed by atoms with Gasteiger partial charge in [-0.1, -0.05) is 16.3 Å². The Kier molecular flexibility index (Phi) is 5.13. The number of aromatic nitrogens is 3. The predicted octanol–water partition coefficient (Wildman–Crippen LogP) is 1.68. The molecule has 1 heterocycles. The van der Waals surface area contributed by atoms with E-state index in [2.05, 4.69) is 20.1 Å². The SMILES string of the molecule is COc1cc(NC(=O)CSc2nnns2)cc(OC)c1. The number of hydrogen-bond donors (Lipinski definition) is 1. The molecule has 0 aliphatic carbocycles. The summed E-state index contributed by atoms with van der Waals surface area (Å²) < 4.78 is 14.6. The molecule has 106 valence electrons. The Morgan fingerprint density at radius 1 is 1.30 bits per heavy atom. The molecule has 7 nitrogen and oxygen atoms in total. The highest BCUT2D eigenvalue weighted by Gasteiger charge is 2.08. The smallest absolute Gasteiger partial charge is 0.234 e. The molecule has 0 bridgehead atoms. The molecule has 20 heavy (non-hydrogen) atoms. The van der Waals surface area contributed by atoms with Crippen LogP contribution in [0, 0.1) is 0 Å². The minimum atomic E-state index is -0.152. The van der Waals surface area contributed by atoms with Gasteiger partial charge in [0.25, 0.3) is 0 Å². The molecule has 0 aliphatic heterocycles. The maximum absolute atomic E-state index is 11.8. The molecule has 1 N–H and O–H groups in total. The van der Waals surface area contributed by atoms with E-state index in [1.165, 1.54) is 11.8 Å². The summed E-state index contributed by atoms with van der Waals surface area (Å²) in [5, 5.41) is 9.98. The molecule has 1 aromatic carbocycles. The maximum atomic E-state index is 11.8. The molecule has 0 saturated carbocycles. The van der Waals surface area contributed by atoms with Crippen LogP contribution >= 0.6 is 23.3 Å². The third-order valence-electron chi connectivity index (χ3n) is 2.24. The lowest BCUT2D eigenvalue weighted by atomic mass is 10.2. The van der Waals surface area contributed by atoms with E-state index in [0.717, 1.165) is 11.5 Å². The van der Waals surface area contributed by atoms with E-state index in [9.17, 15) is 4.79 Å². The van der Waals surface area contributed by atoms with Crippen LogP contribution < -0.4 is 14.8 Å². The number of carbonyl (C=O) groups excluding carboxylic acids is 1. The summed E-state index contributed by atoms with van der Waals surface area (Å²) in [6.07, 6.45) is 0. The molecule has 0 saturated heterocycles. The Labute approximate surface area is 123 Å². The molecule has 0 spiro atoms. The average Bonchev–Trinajstić information content (AvgIpc) is 2.98. The van der Waals surface area contributed by atoms with Crippen molar-refractivity contribution in [3.63, 3.8) is 0 Å². The van der Waals surface area contributed by atoms with Gasteiger partial charge in [-0.2, -0.15) is 0 Å². The fourth-order valence-electron chi connectivity index (χ4n) is 1.39. The molecule has 1 aromatic heterocycles.